The molecule has 3 unspecified atom stereocenters. The standard InChI is InChI=1S/C7H6F3NO.C6H12O3/c1-12-6-4-2-3-5(11-6)7(8,9)10;1-4-6(8)5(7)2-3-9-4/h2-4H,1H3;4-8H,2-3H2,1H3. The van der Waals surface area contributed by atoms with Crippen molar-refractivity contribution in [2.75, 3.05) is 13.7 Å². The van der Waals surface area contributed by atoms with Gasteiger partial charge in [0, 0.05) is 12.7 Å². The van der Waals surface area contributed by atoms with Gasteiger partial charge in [-0.05, 0) is 19.4 Å². The first-order valence-corrected chi connectivity index (χ1v) is 6.31. The van der Waals surface area contributed by atoms with Crippen LogP contribution < -0.4 is 4.74 Å². The molecule has 0 aliphatic carbocycles. The average molecular weight is 309 g/mol. The fourth-order valence-corrected chi connectivity index (χ4v) is 1.64. The third-order valence-corrected chi connectivity index (χ3v) is 2.89. The minimum atomic E-state index is -4.41. The lowest BCUT2D eigenvalue weighted by Gasteiger charge is -2.29. The van der Waals surface area contributed by atoms with Gasteiger partial charge in [0.15, 0.2) is 0 Å². The molecule has 8 heteroatoms. The van der Waals surface area contributed by atoms with Crippen molar-refractivity contribution in [3.63, 3.8) is 0 Å². The number of aromatic nitrogens is 1. The van der Waals surface area contributed by atoms with Gasteiger partial charge in [-0.3, -0.25) is 0 Å². The zero-order valence-electron chi connectivity index (χ0n) is 11.7. The van der Waals surface area contributed by atoms with Crippen LogP contribution in [0.1, 0.15) is 19.0 Å². The number of hydrogen-bond donors (Lipinski definition) is 2. The maximum atomic E-state index is 12.0. The van der Waals surface area contributed by atoms with Crippen molar-refractivity contribution in [3.05, 3.63) is 23.9 Å². The molecule has 1 fully saturated rings. The van der Waals surface area contributed by atoms with Crippen LogP contribution in [0, 0.1) is 0 Å². The number of halogens is 3. The van der Waals surface area contributed by atoms with Crippen LogP contribution in [-0.2, 0) is 10.9 Å². The van der Waals surface area contributed by atoms with Gasteiger partial charge in [-0.15, -0.1) is 0 Å². The first kappa shape index (κ1) is 17.7. The second-order valence-corrected chi connectivity index (χ2v) is 4.49. The van der Waals surface area contributed by atoms with E-state index in [4.69, 9.17) is 14.9 Å². The largest absolute Gasteiger partial charge is 0.481 e. The van der Waals surface area contributed by atoms with Crippen LogP contribution in [-0.4, -0.2) is 47.2 Å². The van der Waals surface area contributed by atoms with Crippen LogP contribution in [0.4, 0.5) is 13.2 Å². The molecule has 0 radical (unpaired) electrons. The van der Waals surface area contributed by atoms with E-state index >= 15 is 0 Å². The van der Waals surface area contributed by atoms with E-state index in [1.54, 1.807) is 6.92 Å². The van der Waals surface area contributed by atoms with Gasteiger partial charge in [0.2, 0.25) is 5.88 Å². The van der Waals surface area contributed by atoms with Crippen molar-refractivity contribution >= 4 is 0 Å². The molecule has 1 aliphatic rings. The molecule has 0 amide bonds. The second-order valence-electron chi connectivity index (χ2n) is 4.49. The Labute approximate surface area is 120 Å². The molecule has 0 aromatic carbocycles. The molecule has 1 aromatic heterocycles. The Kier molecular flexibility index (Phi) is 6.38. The molecule has 0 spiro atoms. The maximum absolute atomic E-state index is 12.0. The van der Waals surface area contributed by atoms with Crippen molar-refractivity contribution in [2.24, 2.45) is 0 Å². The quantitative estimate of drug-likeness (QED) is 0.825. The van der Waals surface area contributed by atoms with Crippen LogP contribution >= 0.6 is 0 Å². The molecule has 0 bridgehead atoms. The highest BCUT2D eigenvalue weighted by atomic mass is 19.4. The van der Waals surface area contributed by atoms with Gasteiger partial charge < -0.3 is 19.7 Å². The minimum Gasteiger partial charge on any atom is -0.481 e. The molecule has 1 saturated heterocycles. The number of methoxy groups -OCH3 is 1. The van der Waals surface area contributed by atoms with Crippen LogP contribution in [0.3, 0.4) is 0 Å². The maximum Gasteiger partial charge on any atom is 0.433 e. The SMILES string of the molecule is CC1OCCC(O)C1O.COc1cccc(C(F)(F)F)n1. The molecule has 1 aliphatic heterocycles. The summed E-state index contributed by atoms with van der Waals surface area (Å²) in [7, 11) is 1.27. The highest BCUT2D eigenvalue weighted by molar-refractivity contribution is 5.17. The fraction of sp³-hybridized carbons (Fsp3) is 0.615. The lowest BCUT2D eigenvalue weighted by atomic mass is 10.0. The summed E-state index contributed by atoms with van der Waals surface area (Å²) in [6.07, 6.45) is -5.36. The molecule has 3 atom stereocenters. The summed E-state index contributed by atoms with van der Waals surface area (Å²) in [5.41, 5.74) is -0.943. The van der Waals surface area contributed by atoms with Gasteiger partial charge in [0.05, 0.1) is 19.3 Å². The number of alkyl halides is 3. The molecule has 5 nitrogen and oxygen atoms in total. The number of aliphatic hydroxyl groups is 2. The Morgan fingerprint density at radius 1 is 1.33 bits per heavy atom. The summed E-state index contributed by atoms with van der Waals surface area (Å²) in [6.45, 7) is 2.31. The Hall–Kier alpha value is -1.38. The summed E-state index contributed by atoms with van der Waals surface area (Å²) < 4.78 is 45.5. The molecule has 120 valence electrons. The van der Waals surface area contributed by atoms with Gasteiger partial charge in [0.25, 0.3) is 0 Å². The summed E-state index contributed by atoms with van der Waals surface area (Å²) in [5, 5.41) is 18.1. The van der Waals surface area contributed by atoms with Crippen molar-refractivity contribution in [1.29, 1.82) is 0 Å². The van der Waals surface area contributed by atoms with E-state index in [0.29, 0.717) is 13.0 Å². The monoisotopic (exact) mass is 309 g/mol. The van der Waals surface area contributed by atoms with Crippen molar-refractivity contribution in [3.8, 4) is 5.88 Å². The summed E-state index contributed by atoms with van der Waals surface area (Å²) in [5.74, 6) is -0.0372. The number of rotatable bonds is 1. The third kappa shape index (κ3) is 5.49. The number of pyridine rings is 1. The normalized spacial score (nSPS) is 25.8. The predicted octanol–water partition coefficient (Wildman–Crippen LogP) is 1.63. The molecule has 21 heavy (non-hydrogen) atoms. The Morgan fingerprint density at radius 3 is 2.48 bits per heavy atom. The number of nitrogens with zero attached hydrogens (tertiary/aromatic N) is 1. The molecule has 2 rings (SSSR count). The summed E-state index contributed by atoms with van der Waals surface area (Å²) in [6, 6.07) is 3.49. The molecule has 2 N–H and O–H groups in total. The Bertz CT molecular complexity index is 432. The van der Waals surface area contributed by atoms with E-state index in [-0.39, 0.29) is 12.0 Å². The first-order valence-electron chi connectivity index (χ1n) is 6.31. The summed E-state index contributed by atoms with van der Waals surface area (Å²) >= 11 is 0. The van der Waals surface area contributed by atoms with E-state index in [9.17, 15) is 13.2 Å². The number of hydrogen-bond acceptors (Lipinski definition) is 5. The first-order chi connectivity index (χ1) is 9.75. The van der Waals surface area contributed by atoms with E-state index in [1.807, 2.05) is 0 Å². The second kappa shape index (κ2) is 7.58. The zero-order valence-corrected chi connectivity index (χ0v) is 11.7. The topological polar surface area (TPSA) is 71.8 Å². The lowest BCUT2D eigenvalue weighted by Crippen LogP contribution is -2.42. The molecule has 2 heterocycles. The number of ether oxygens (including phenoxy) is 2. The molecule has 1 aromatic rings. The third-order valence-electron chi connectivity index (χ3n) is 2.89. The minimum absolute atomic E-state index is 0.0372. The van der Waals surface area contributed by atoms with E-state index in [2.05, 4.69) is 9.72 Å². The van der Waals surface area contributed by atoms with Crippen LogP contribution in [0.25, 0.3) is 0 Å². The van der Waals surface area contributed by atoms with Crippen molar-refractivity contribution in [2.45, 2.75) is 37.8 Å². The van der Waals surface area contributed by atoms with E-state index < -0.39 is 24.1 Å². The highest BCUT2D eigenvalue weighted by Gasteiger charge is 2.32. The molecule has 0 saturated carbocycles. The number of aliphatic hydroxyl groups excluding tert-OH is 2. The average Bonchev–Trinajstić information content (AvgIpc) is 2.44. The lowest BCUT2D eigenvalue weighted by molar-refractivity contribution is -0.141. The van der Waals surface area contributed by atoms with Crippen LogP contribution in [0.2, 0.25) is 0 Å². The Balaban J connectivity index is 0.000000219. The van der Waals surface area contributed by atoms with Crippen molar-refractivity contribution < 1.29 is 32.9 Å². The van der Waals surface area contributed by atoms with Crippen LogP contribution in [0.15, 0.2) is 18.2 Å². The fourth-order valence-electron chi connectivity index (χ4n) is 1.64. The smallest absolute Gasteiger partial charge is 0.433 e. The van der Waals surface area contributed by atoms with Gasteiger partial charge in [-0.2, -0.15) is 13.2 Å². The Morgan fingerprint density at radius 2 is 2.00 bits per heavy atom. The van der Waals surface area contributed by atoms with E-state index in [1.165, 1.54) is 19.2 Å². The van der Waals surface area contributed by atoms with E-state index in [0.717, 1.165) is 6.07 Å². The van der Waals surface area contributed by atoms with Crippen LogP contribution in [0.5, 0.6) is 5.88 Å². The van der Waals surface area contributed by atoms with Gasteiger partial charge in [0.1, 0.15) is 11.8 Å². The highest BCUT2D eigenvalue weighted by Crippen LogP contribution is 2.28. The molecular formula is C13H18F3NO4. The summed E-state index contributed by atoms with van der Waals surface area (Å²) in [4.78, 5) is 3.22. The van der Waals surface area contributed by atoms with Gasteiger partial charge in [-0.25, -0.2) is 4.98 Å². The van der Waals surface area contributed by atoms with Gasteiger partial charge in [-0.1, -0.05) is 6.07 Å². The molecular weight excluding hydrogens is 291 g/mol. The van der Waals surface area contributed by atoms with Gasteiger partial charge >= 0.3 is 6.18 Å². The van der Waals surface area contributed by atoms with Crippen molar-refractivity contribution in [1.82, 2.24) is 4.98 Å². The zero-order chi connectivity index (χ0) is 16.0. The predicted molar refractivity (Wildman–Crippen MR) is 67.8 cm³/mol.